The summed E-state index contributed by atoms with van der Waals surface area (Å²) in [6.45, 7) is 10.6. The lowest BCUT2D eigenvalue weighted by molar-refractivity contribution is 0.504. The Kier molecular flexibility index (Phi) is 7.01. The Hall–Kier alpha value is -0.860. The molecule has 0 aliphatic rings. The van der Waals surface area contributed by atoms with Gasteiger partial charge >= 0.3 is 0 Å². The van der Waals surface area contributed by atoms with E-state index in [1.54, 1.807) is 0 Å². The molecule has 88 valence electrons. The highest BCUT2D eigenvalue weighted by molar-refractivity contribution is 5.07. The number of hydrogen-bond acceptors (Lipinski definition) is 2. The quantitative estimate of drug-likeness (QED) is 0.766. The molecule has 0 aromatic carbocycles. The van der Waals surface area contributed by atoms with Crippen LogP contribution in [0.3, 0.4) is 0 Å². The molecule has 0 saturated carbocycles. The van der Waals surface area contributed by atoms with Crippen LogP contribution in [0.15, 0.2) is 0 Å². The van der Waals surface area contributed by atoms with Gasteiger partial charge in [0, 0.05) is 7.05 Å². The minimum absolute atomic E-state index is 0.800. The molecular weight excluding hydrogens is 186 g/mol. The van der Waals surface area contributed by atoms with Crippen LogP contribution in [0.2, 0.25) is 0 Å². The van der Waals surface area contributed by atoms with Crippen molar-refractivity contribution in [3.8, 4) is 0 Å². The molecule has 0 spiro atoms. The molecule has 1 unspecified atom stereocenters. The van der Waals surface area contributed by atoms with Gasteiger partial charge in [0.15, 0.2) is 0 Å². The number of rotatable bonds is 4. The highest BCUT2D eigenvalue weighted by Gasteiger charge is 2.07. The third-order valence-electron chi connectivity index (χ3n) is 2.71. The highest BCUT2D eigenvalue weighted by Crippen LogP contribution is 2.12. The number of aromatic nitrogens is 3. The fourth-order valence-corrected chi connectivity index (χ4v) is 1.41. The summed E-state index contributed by atoms with van der Waals surface area (Å²) >= 11 is 0. The van der Waals surface area contributed by atoms with Gasteiger partial charge in [-0.1, -0.05) is 39.3 Å². The van der Waals surface area contributed by atoms with Gasteiger partial charge in [-0.3, -0.25) is 4.68 Å². The Bertz CT molecular complexity index is 246. The predicted molar refractivity (Wildman–Crippen MR) is 64.9 cm³/mol. The Morgan fingerprint density at radius 2 is 1.93 bits per heavy atom. The molecule has 1 atom stereocenters. The summed E-state index contributed by atoms with van der Waals surface area (Å²) in [6, 6.07) is 0. The van der Waals surface area contributed by atoms with Gasteiger partial charge in [0.2, 0.25) is 0 Å². The van der Waals surface area contributed by atoms with Crippen LogP contribution in [0.25, 0.3) is 0 Å². The number of nitrogens with zero attached hydrogens (tertiary/aromatic N) is 3. The van der Waals surface area contributed by atoms with Crippen LogP contribution in [0.4, 0.5) is 0 Å². The molecular formula is C12H25N3. The van der Waals surface area contributed by atoms with E-state index in [1.807, 2.05) is 32.5 Å². The molecule has 0 radical (unpaired) electrons. The maximum absolute atomic E-state index is 4.03. The maximum atomic E-state index is 4.03. The SMILES string of the molecule is CC.CCC(C)CCc1c(C)nnn1C. The second-order valence-corrected chi connectivity index (χ2v) is 3.80. The first-order chi connectivity index (χ1) is 7.15. The molecule has 0 N–H and O–H groups in total. The van der Waals surface area contributed by atoms with Gasteiger partial charge in [0.1, 0.15) is 0 Å². The van der Waals surface area contributed by atoms with Crippen LogP contribution in [-0.4, -0.2) is 15.0 Å². The molecule has 0 aliphatic heterocycles. The molecule has 1 aromatic rings. The summed E-state index contributed by atoms with van der Waals surface area (Å²) in [6.07, 6.45) is 3.59. The van der Waals surface area contributed by atoms with Gasteiger partial charge in [0.25, 0.3) is 0 Å². The van der Waals surface area contributed by atoms with Crippen LogP contribution in [0.5, 0.6) is 0 Å². The Balaban J connectivity index is 0.000000921. The van der Waals surface area contributed by atoms with E-state index >= 15 is 0 Å². The van der Waals surface area contributed by atoms with Crippen LogP contribution < -0.4 is 0 Å². The topological polar surface area (TPSA) is 30.7 Å². The standard InChI is InChI=1S/C10H19N3.C2H6/c1-5-8(2)6-7-10-9(3)11-12-13(10)4;1-2/h8H,5-7H2,1-4H3;1-2H3. The molecule has 0 bridgehead atoms. The van der Waals surface area contributed by atoms with Crippen LogP contribution >= 0.6 is 0 Å². The molecule has 0 amide bonds. The van der Waals surface area contributed by atoms with E-state index in [0.29, 0.717) is 0 Å². The molecule has 1 heterocycles. The van der Waals surface area contributed by atoms with Crippen molar-refractivity contribution < 1.29 is 0 Å². The Morgan fingerprint density at radius 1 is 1.33 bits per heavy atom. The van der Waals surface area contributed by atoms with Gasteiger partial charge in [-0.25, -0.2) is 0 Å². The van der Waals surface area contributed by atoms with E-state index in [1.165, 1.54) is 18.5 Å². The zero-order valence-corrected chi connectivity index (χ0v) is 11.0. The zero-order chi connectivity index (χ0) is 11.8. The van der Waals surface area contributed by atoms with E-state index in [-0.39, 0.29) is 0 Å². The summed E-state index contributed by atoms with van der Waals surface area (Å²) in [7, 11) is 1.96. The van der Waals surface area contributed by atoms with E-state index in [4.69, 9.17) is 0 Å². The molecule has 1 rings (SSSR count). The second kappa shape index (κ2) is 7.43. The van der Waals surface area contributed by atoms with Gasteiger partial charge in [-0.15, -0.1) is 5.10 Å². The molecule has 0 aliphatic carbocycles. The van der Waals surface area contributed by atoms with Gasteiger partial charge < -0.3 is 0 Å². The smallest absolute Gasteiger partial charge is 0.0828 e. The summed E-state index contributed by atoms with van der Waals surface area (Å²) in [5.74, 6) is 0.800. The van der Waals surface area contributed by atoms with E-state index in [2.05, 4.69) is 24.2 Å². The van der Waals surface area contributed by atoms with Crippen molar-refractivity contribution >= 4 is 0 Å². The first-order valence-corrected chi connectivity index (χ1v) is 6.00. The van der Waals surface area contributed by atoms with Crippen molar-refractivity contribution in [2.24, 2.45) is 13.0 Å². The molecule has 0 fully saturated rings. The van der Waals surface area contributed by atoms with E-state index in [0.717, 1.165) is 18.0 Å². The fourth-order valence-electron chi connectivity index (χ4n) is 1.41. The molecule has 3 heteroatoms. The zero-order valence-electron chi connectivity index (χ0n) is 11.0. The summed E-state index contributed by atoms with van der Waals surface area (Å²) in [4.78, 5) is 0. The van der Waals surface area contributed by atoms with Crippen molar-refractivity contribution in [1.82, 2.24) is 15.0 Å². The van der Waals surface area contributed by atoms with Crippen molar-refractivity contribution in [1.29, 1.82) is 0 Å². The summed E-state index contributed by atoms with van der Waals surface area (Å²) < 4.78 is 1.89. The molecule has 3 nitrogen and oxygen atoms in total. The minimum Gasteiger partial charge on any atom is -0.252 e. The summed E-state index contributed by atoms with van der Waals surface area (Å²) in [5.41, 5.74) is 2.35. The van der Waals surface area contributed by atoms with Crippen LogP contribution in [0, 0.1) is 12.8 Å². The van der Waals surface area contributed by atoms with Crippen molar-refractivity contribution in [2.75, 3.05) is 0 Å². The normalized spacial score (nSPS) is 11.9. The third kappa shape index (κ3) is 4.45. The average Bonchev–Trinajstić information content (AvgIpc) is 2.58. The lowest BCUT2D eigenvalue weighted by Crippen LogP contribution is -2.02. The fraction of sp³-hybridized carbons (Fsp3) is 0.833. The Labute approximate surface area is 93.9 Å². The monoisotopic (exact) mass is 211 g/mol. The number of hydrogen-bond donors (Lipinski definition) is 0. The lowest BCUT2D eigenvalue weighted by atomic mass is 10.0. The number of aryl methyl sites for hydroxylation is 2. The van der Waals surface area contributed by atoms with Gasteiger partial charge in [-0.05, 0) is 25.7 Å². The predicted octanol–water partition coefficient (Wildman–Crippen LogP) is 3.13. The first-order valence-electron chi connectivity index (χ1n) is 6.00. The lowest BCUT2D eigenvalue weighted by Gasteiger charge is -2.07. The Morgan fingerprint density at radius 3 is 2.33 bits per heavy atom. The van der Waals surface area contributed by atoms with Crippen molar-refractivity contribution in [3.63, 3.8) is 0 Å². The molecule has 1 aromatic heterocycles. The maximum Gasteiger partial charge on any atom is 0.0828 e. The van der Waals surface area contributed by atoms with Crippen molar-refractivity contribution in [2.45, 2.75) is 53.9 Å². The van der Waals surface area contributed by atoms with E-state index < -0.39 is 0 Å². The third-order valence-corrected chi connectivity index (χ3v) is 2.71. The highest BCUT2D eigenvalue weighted by atomic mass is 15.4. The van der Waals surface area contributed by atoms with Crippen LogP contribution in [0.1, 0.15) is 51.9 Å². The van der Waals surface area contributed by atoms with Crippen LogP contribution in [-0.2, 0) is 13.5 Å². The second-order valence-electron chi connectivity index (χ2n) is 3.80. The van der Waals surface area contributed by atoms with Crippen molar-refractivity contribution in [3.05, 3.63) is 11.4 Å². The first kappa shape index (κ1) is 14.1. The summed E-state index contributed by atoms with van der Waals surface area (Å²) in [5, 5.41) is 8.02. The van der Waals surface area contributed by atoms with Gasteiger partial charge in [-0.2, -0.15) is 0 Å². The van der Waals surface area contributed by atoms with Gasteiger partial charge in [0.05, 0.1) is 11.4 Å². The average molecular weight is 211 g/mol. The van der Waals surface area contributed by atoms with E-state index in [9.17, 15) is 0 Å². The molecule has 0 saturated heterocycles. The largest absolute Gasteiger partial charge is 0.252 e. The minimum atomic E-state index is 0.800. The molecule has 15 heavy (non-hydrogen) atoms.